The first kappa shape index (κ1) is 16.1. The van der Waals surface area contributed by atoms with Crippen LogP contribution in [0.1, 0.15) is 29.0 Å². The van der Waals surface area contributed by atoms with Gasteiger partial charge in [-0.1, -0.05) is 31.2 Å². The highest BCUT2D eigenvalue weighted by molar-refractivity contribution is 7.88. The molecular formula is C14H18N2O3S2. The van der Waals surface area contributed by atoms with Crippen LogP contribution in [0.2, 0.25) is 0 Å². The topological polar surface area (TPSA) is 79.3 Å². The van der Waals surface area contributed by atoms with Gasteiger partial charge in [0.2, 0.25) is 10.0 Å². The molecule has 1 heterocycles. The van der Waals surface area contributed by atoms with E-state index in [0.29, 0.717) is 17.7 Å². The second kappa shape index (κ2) is 7.13. The molecule has 1 unspecified atom stereocenters. The van der Waals surface area contributed by atoms with Gasteiger partial charge in [-0.05, 0) is 11.1 Å². The van der Waals surface area contributed by atoms with Gasteiger partial charge >= 0.3 is 0 Å². The van der Waals surface area contributed by atoms with Crippen molar-refractivity contribution in [2.24, 2.45) is 0 Å². The van der Waals surface area contributed by atoms with Gasteiger partial charge in [-0.25, -0.2) is 18.1 Å². The van der Waals surface area contributed by atoms with Gasteiger partial charge in [0.1, 0.15) is 0 Å². The van der Waals surface area contributed by atoms with Gasteiger partial charge in [0.05, 0.1) is 17.4 Å². The Morgan fingerprint density at radius 1 is 1.38 bits per heavy atom. The average Bonchev–Trinajstić information content (AvgIpc) is 2.99. The molecule has 0 aliphatic rings. The smallest absolute Gasteiger partial charge is 0.215 e. The first-order valence-corrected chi connectivity index (χ1v) is 9.09. The molecule has 0 fully saturated rings. The molecule has 1 aromatic carbocycles. The lowest BCUT2D eigenvalue weighted by Gasteiger charge is -2.11. The van der Waals surface area contributed by atoms with Crippen molar-refractivity contribution in [2.45, 2.75) is 25.2 Å². The zero-order valence-corrected chi connectivity index (χ0v) is 13.3. The van der Waals surface area contributed by atoms with Crippen molar-refractivity contribution in [3.05, 3.63) is 52.0 Å². The van der Waals surface area contributed by atoms with Crippen LogP contribution in [0.4, 0.5) is 0 Å². The summed E-state index contributed by atoms with van der Waals surface area (Å²) in [6.07, 6.45) is 1.71. The molecule has 114 valence electrons. The molecule has 7 heteroatoms. The van der Waals surface area contributed by atoms with E-state index in [1.807, 2.05) is 12.3 Å². The summed E-state index contributed by atoms with van der Waals surface area (Å²) in [4.78, 5) is 4.18. The van der Waals surface area contributed by atoms with E-state index < -0.39 is 10.0 Å². The molecule has 0 amide bonds. The number of rotatable bonds is 7. The number of nitrogens with one attached hydrogen (secondary N) is 1. The summed E-state index contributed by atoms with van der Waals surface area (Å²) in [7, 11) is -3.40. The fourth-order valence-electron chi connectivity index (χ4n) is 1.91. The summed E-state index contributed by atoms with van der Waals surface area (Å²) in [6.45, 7) is 2.17. The van der Waals surface area contributed by atoms with E-state index in [1.54, 1.807) is 30.5 Å². The predicted molar refractivity (Wildman–Crippen MR) is 83.5 cm³/mol. The van der Waals surface area contributed by atoms with Crippen LogP contribution in [0.5, 0.6) is 0 Å². The summed E-state index contributed by atoms with van der Waals surface area (Å²) >= 11 is 1.52. The van der Waals surface area contributed by atoms with Crippen LogP contribution in [0.25, 0.3) is 0 Å². The van der Waals surface area contributed by atoms with E-state index in [-0.39, 0.29) is 18.3 Å². The zero-order chi connectivity index (χ0) is 15.3. The second-order valence-electron chi connectivity index (χ2n) is 4.86. The van der Waals surface area contributed by atoms with Crippen LogP contribution in [0.15, 0.2) is 35.8 Å². The Morgan fingerprint density at radius 2 is 2.14 bits per heavy atom. The van der Waals surface area contributed by atoms with Crippen LogP contribution in [0.3, 0.4) is 0 Å². The summed E-state index contributed by atoms with van der Waals surface area (Å²) in [5.74, 6) is -0.0469. The molecule has 0 saturated carbocycles. The Labute approximate surface area is 128 Å². The van der Waals surface area contributed by atoms with Crippen LogP contribution >= 0.6 is 11.3 Å². The standard InChI is InChI=1S/C14H18N2O3S2/c1-11(14-15-5-6-20-14)8-16-21(18,19)10-13-4-2-3-12(7-13)9-17/h2-7,11,16-17H,8-10H2,1H3. The van der Waals surface area contributed by atoms with E-state index in [9.17, 15) is 8.42 Å². The highest BCUT2D eigenvalue weighted by atomic mass is 32.2. The molecule has 0 radical (unpaired) electrons. The van der Waals surface area contributed by atoms with Gasteiger partial charge in [0, 0.05) is 24.0 Å². The summed E-state index contributed by atoms with van der Waals surface area (Å²) in [6, 6.07) is 6.94. The predicted octanol–water partition coefficient (Wildman–Crippen LogP) is 1.86. The van der Waals surface area contributed by atoms with Crippen molar-refractivity contribution in [3.63, 3.8) is 0 Å². The number of nitrogens with zero attached hydrogens (tertiary/aromatic N) is 1. The number of hydrogen-bond acceptors (Lipinski definition) is 5. The lowest BCUT2D eigenvalue weighted by Crippen LogP contribution is -2.28. The Bertz CT molecular complexity index is 669. The van der Waals surface area contributed by atoms with Crippen LogP contribution in [0, 0.1) is 0 Å². The first-order valence-electron chi connectivity index (χ1n) is 6.55. The van der Waals surface area contributed by atoms with E-state index in [2.05, 4.69) is 9.71 Å². The molecule has 0 aliphatic carbocycles. The third-order valence-electron chi connectivity index (χ3n) is 3.01. The minimum Gasteiger partial charge on any atom is -0.392 e. The molecular weight excluding hydrogens is 308 g/mol. The monoisotopic (exact) mass is 326 g/mol. The summed E-state index contributed by atoms with van der Waals surface area (Å²) in [5.41, 5.74) is 1.37. The summed E-state index contributed by atoms with van der Waals surface area (Å²) in [5, 5.41) is 11.9. The van der Waals surface area contributed by atoms with Gasteiger partial charge in [-0.2, -0.15) is 0 Å². The molecule has 2 aromatic rings. The number of benzene rings is 1. The first-order chi connectivity index (χ1) is 10.00. The van der Waals surface area contributed by atoms with Gasteiger partial charge in [-0.3, -0.25) is 0 Å². The lowest BCUT2D eigenvalue weighted by atomic mass is 10.1. The maximum atomic E-state index is 12.1. The molecule has 1 aromatic heterocycles. The van der Waals surface area contributed by atoms with Crippen LogP contribution in [-0.2, 0) is 22.4 Å². The van der Waals surface area contributed by atoms with E-state index >= 15 is 0 Å². The lowest BCUT2D eigenvalue weighted by molar-refractivity contribution is 0.282. The average molecular weight is 326 g/mol. The fourth-order valence-corrected chi connectivity index (χ4v) is 3.83. The second-order valence-corrected chi connectivity index (χ2v) is 7.59. The van der Waals surface area contributed by atoms with Gasteiger partial charge in [0.15, 0.2) is 0 Å². The van der Waals surface area contributed by atoms with E-state index in [1.165, 1.54) is 11.3 Å². The van der Waals surface area contributed by atoms with Crippen molar-refractivity contribution in [1.82, 2.24) is 9.71 Å². The van der Waals surface area contributed by atoms with Crippen molar-refractivity contribution < 1.29 is 13.5 Å². The van der Waals surface area contributed by atoms with Crippen molar-refractivity contribution in [1.29, 1.82) is 0 Å². The van der Waals surface area contributed by atoms with Crippen LogP contribution < -0.4 is 4.72 Å². The molecule has 21 heavy (non-hydrogen) atoms. The Kier molecular flexibility index (Phi) is 5.46. The molecule has 0 spiro atoms. The highest BCUT2D eigenvalue weighted by Gasteiger charge is 2.15. The molecule has 5 nitrogen and oxygen atoms in total. The van der Waals surface area contributed by atoms with Gasteiger partial charge in [-0.15, -0.1) is 11.3 Å². The molecule has 1 atom stereocenters. The number of aliphatic hydroxyl groups is 1. The summed E-state index contributed by atoms with van der Waals surface area (Å²) < 4.78 is 26.8. The third-order valence-corrected chi connectivity index (χ3v) is 5.34. The molecule has 2 rings (SSSR count). The molecule has 0 saturated heterocycles. The quantitative estimate of drug-likeness (QED) is 0.814. The van der Waals surface area contributed by atoms with E-state index in [4.69, 9.17) is 5.11 Å². The minimum atomic E-state index is -3.40. The largest absolute Gasteiger partial charge is 0.392 e. The van der Waals surface area contributed by atoms with Gasteiger partial charge in [0.25, 0.3) is 0 Å². The van der Waals surface area contributed by atoms with E-state index in [0.717, 1.165) is 5.01 Å². The molecule has 0 aliphatic heterocycles. The number of aliphatic hydroxyl groups excluding tert-OH is 1. The number of hydrogen-bond donors (Lipinski definition) is 2. The van der Waals surface area contributed by atoms with Crippen molar-refractivity contribution >= 4 is 21.4 Å². The number of thiazole rings is 1. The number of aromatic nitrogens is 1. The number of sulfonamides is 1. The van der Waals surface area contributed by atoms with Gasteiger partial charge < -0.3 is 5.11 Å². The maximum absolute atomic E-state index is 12.1. The fraction of sp³-hybridized carbons (Fsp3) is 0.357. The zero-order valence-electron chi connectivity index (χ0n) is 11.7. The Balaban J connectivity index is 1.95. The SMILES string of the molecule is CC(CNS(=O)(=O)Cc1cccc(CO)c1)c1nccs1. The normalized spacial score (nSPS) is 13.2. The molecule has 0 bridgehead atoms. The molecule has 2 N–H and O–H groups in total. The van der Waals surface area contributed by atoms with Crippen molar-refractivity contribution in [2.75, 3.05) is 6.54 Å². The highest BCUT2D eigenvalue weighted by Crippen LogP contribution is 2.17. The Hall–Kier alpha value is -1.28. The Morgan fingerprint density at radius 3 is 2.81 bits per heavy atom. The third kappa shape index (κ3) is 4.89. The van der Waals surface area contributed by atoms with Crippen molar-refractivity contribution in [3.8, 4) is 0 Å². The maximum Gasteiger partial charge on any atom is 0.215 e. The van der Waals surface area contributed by atoms with Crippen LogP contribution in [-0.4, -0.2) is 25.1 Å². The minimum absolute atomic E-state index is 0.0450.